The van der Waals surface area contributed by atoms with E-state index >= 15 is 0 Å². The number of fused-ring (bicyclic) bond motifs is 1. The molecule has 1 atom stereocenters. The Labute approximate surface area is 116 Å². The smallest absolute Gasteiger partial charge is 0.139 e. The van der Waals surface area contributed by atoms with E-state index in [9.17, 15) is 4.79 Å². The second-order valence-electron chi connectivity index (χ2n) is 6.68. The van der Waals surface area contributed by atoms with Gasteiger partial charge in [-0.1, -0.05) is 44.0 Å². The molecule has 0 aliphatic heterocycles. The fourth-order valence-corrected chi connectivity index (χ4v) is 3.97. The zero-order valence-electron chi connectivity index (χ0n) is 12.0. The maximum atomic E-state index is 12.6. The van der Waals surface area contributed by atoms with E-state index in [0.717, 1.165) is 19.3 Å². The van der Waals surface area contributed by atoms with Crippen molar-refractivity contribution in [2.75, 3.05) is 0 Å². The average Bonchev–Trinajstić information content (AvgIpc) is 2.87. The van der Waals surface area contributed by atoms with Gasteiger partial charge in [-0.3, -0.25) is 4.79 Å². The minimum Gasteiger partial charge on any atom is -0.299 e. The van der Waals surface area contributed by atoms with Gasteiger partial charge in [0.2, 0.25) is 0 Å². The van der Waals surface area contributed by atoms with Gasteiger partial charge >= 0.3 is 0 Å². The van der Waals surface area contributed by atoms with Crippen LogP contribution in [0.4, 0.5) is 0 Å². The molecule has 0 aromatic heterocycles. The summed E-state index contributed by atoms with van der Waals surface area (Å²) in [7, 11) is 0. The molecule has 0 amide bonds. The van der Waals surface area contributed by atoms with Crippen LogP contribution in [0.15, 0.2) is 24.3 Å². The molecule has 0 radical (unpaired) electrons. The summed E-state index contributed by atoms with van der Waals surface area (Å²) in [5, 5.41) is 0. The molecule has 1 fully saturated rings. The zero-order chi connectivity index (χ0) is 13.3. The lowest BCUT2D eigenvalue weighted by molar-refractivity contribution is -0.128. The second-order valence-corrected chi connectivity index (χ2v) is 6.68. The molecule has 0 spiro atoms. The lowest BCUT2D eigenvalue weighted by Gasteiger charge is -2.29. The predicted molar refractivity (Wildman–Crippen MR) is 78.3 cm³/mol. The summed E-state index contributed by atoms with van der Waals surface area (Å²) in [5.41, 5.74) is 2.92. The van der Waals surface area contributed by atoms with E-state index in [1.54, 1.807) is 0 Å². The van der Waals surface area contributed by atoms with Crippen molar-refractivity contribution in [2.24, 2.45) is 5.41 Å². The topological polar surface area (TPSA) is 17.1 Å². The van der Waals surface area contributed by atoms with Crippen molar-refractivity contribution in [3.8, 4) is 0 Å². The Morgan fingerprint density at radius 3 is 2.74 bits per heavy atom. The molecule has 1 nitrogen and oxygen atoms in total. The fraction of sp³-hybridized carbons (Fsp3) is 0.611. The van der Waals surface area contributed by atoms with Gasteiger partial charge in [-0.25, -0.2) is 0 Å². The lowest BCUT2D eigenvalue weighted by atomic mass is 9.74. The van der Waals surface area contributed by atoms with E-state index in [-0.39, 0.29) is 5.41 Å². The van der Waals surface area contributed by atoms with Gasteiger partial charge in [-0.05, 0) is 49.1 Å². The highest BCUT2D eigenvalue weighted by molar-refractivity contribution is 5.85. The number of carbonyl (C=O) groups excluding carboxylic acids is 1. The first-order chi connectivity index (χ1) is 9.19. The molecule has 102 valence electrons. The molecule has 1 heteroatoms. The molecule has 0 saturated heterocycles. The zero-order valence-corrected chi connectivity index (χ0v) is 12.0. The highest BCUT2D eigenvalue weighted by Crippen LogP contribution is 2.42. The third-order valence-corrected chi connectivity index (χ3v) is 5.31. The van der Waals surface area contributed by atoms with Crippen molar-refractivity contribution in [2.45, 2.75) is 64.2 Å². The number of Topliss-reactive ketones (excluding diaryl/α,β-unsaturated/α-hetero) is 1. The van der Waals surface area contributed by atoms with Crippen LogP contribution < -0.4 is 0 Å². The number of hydrogen-bond acceptors (Lipinski definition) is 1. The van der Waals surface area contributed by atoms with Crippen molar-refractivity contribution in [3.05, 3.63) is 35.4 Å². The minimum absolute atomic E-state index is 0.00755. The Morgan fingerprint density at radius 1 is 1.21 bits per heavy atom. The summed E-state index contributed by atoms with van der Waals surface area (Å²) in [5.74, 6) is 1.00. The van der Waals surface area contributed by atoms with E-state index in [2.05, 4.69) is 31.2 Å². The summed E-state index contributed by atoms with van der Waals surface area (Å²) in [6.45, 7) is 2.19. The standard InChI is InChI=1S/C18H24O/c1-18(11-4-5-12-18)17(19)13-15-9-6-8-14-7-2-3-10-16(14)15/h2-3,7,10,15H,4-6,8-9,11-13H2,1H3. The summed E-state index contributed by atoms with van der Waals surface area (Å²) in [4.78, 5) is 12.6. The quantitative estimate of drug-likeness (QED) is 0.769. The van der Waals surface area contributed by atoms with E-state index in [1.165, 1.54) is 43.2 Å². The van der Waals surface area contributed by atoms with Crippen LogP contribution >= 0.6 is 0 Å². The van der Waals surface area contributed by atoms with Crippen LogP contribution in [-0.2, 0) is 11.2 Å². The van der Waals surface area contributed by atoms with Crippen molar-refractivity contribution in [1.29, 1.82) is 0 Å². The van der Waals surface area contributed by atoms with Crippen LogP contribution in [0.1, 0.15) is 68.9 Å². The Balaban J connectivity index is 1.76. The van der Waals surface area contributed by atoms with Crippen molar-refractivity contribution >= 4 is 5.78 Å². The maximum Gasteiger partial charge on any atom is 0.139 e. The summed E-state index contributed by atoms with van der Waals surface area (Å²) < 4.78 is 0. The van der Waals surface area contributed by atoms with Crippen LogP contribution in [-0.4, -0.2) is 5.78 Å². The van der Waals surface area contributed by atoms with Crippen LogP contribution in [0, 0.1) is 5.41 Å². The van der Waals surface area contributed by atoms with Crippen LogP contribution in [0.25, 0.3) is 0 Å². The average molecular weight is 256 g/mol. The summed E-state index contributed by atoms with van der Waals surface area (Å²) in [6, 6.07) is 8.73. The first kappa shape index (κ1) is 12.9. The Bertz CT molecular complexity index is 468. The van der Waals surface area contributed by atoms with Gasteiger partial charge in [0.15, 0.2) is 0 Å². The molecule has 0 bridgehead atoms. The first-order valence-electron chi connectivity index (χ1n) is 7.80. The monoisotopic (exact) mass is 256 g/mol. The predicted octanol–water partition coefficient (Wildman–Crippen LogP) is 4.65. The highest BCUT2D eigenvalue weighted by Gasteiger charge is 2.37. The molecular formula is C18H24O. The number of carbonyl (C=O) groups is 1. The fourth-order valence-electron chi connectivity index (χ4n) is 3.97. The van der Waals surface area contributed by atoms with E-state index in [4.69, 9.17) is 0 Å². The van der Waals surface area contributed by atoms with Gasteiger partial charge in [0, 0.05) is 11.8 Å². The minimum atomic E-state index is -0.00755. The number of benzene rings is 1. The van der Waals surface area contributed by atoms with Gasteiger partial charge < -0.3 is 0 Å². The van der Waals surface area contributed by atoms with Crippen LogP contribution in [0.2, 0.25) is 0 Å². The molecule has 19 heavy (non-hydrogen) atoms. The molecule has 1 saturated carbocycles. The van der Waals surface area contributed by atoms with Crippen molar-refractivity contribution < 1.29 is 4.79 Å². The van der Waals surface area contributed by atoms with Gasteiger partial charge in [0.05, 0.1) is 0 Å². The van der Waals surface area contributed by atoms with Gasteiger partial charge in [0.1, 0.15) is 5.78 Å². The van der Waals surface area contributed by atoms with Crippen LogP contribution in [0.3, 0.4) is 0 Å². The maximum absolute atomic E-state index is 12.6. The Kier molecular flexibility index (Phi) is 3.47. The van der Waals surface area contributed by atoms with E-state index < -0.39 is 0 Å². The summed E-state index contributed by atoms with van der Waals surface area (Å²) in [6.07, 6.45) is 9.10. The van der Waals surface area contributed by atoms with Gasteiger partial charge in [-0.15, -0.1) is 0 Å². The molecule has 1 aromatic carbocycles. The molecule has 0 heterocycles. The van der Waals surface area contributed by atoms with Crippen LogP contribution in [0.5, 0.6) is 0 Å². The molecule has 0 N–H and O–H groups in total. The third-order valence-electron chi connectivity index (χ3n) is 5.31. The second kappa shape index (κ2) is 5.11. The van der Waals surface area contributed by atoms with Crippen molar-refractivity contribution in [3.63, 3.8) is 0 Å². The van der Waals surface area contributed by atoms with E-state index in [1.807, 2.05) is 0 Å². The normalized spacial score (nSPS) is 25.0. The number of hydrogen-bond donors (Lipinski definition) is 0. The molecule has 2 aliphatic rings. The number of rotatable bonds is 3. The highest BCUT2D eigenvalue weighted by atomic mass is 16.1. The molecule has 1 unspecified atom stereocenters. The number of ketones is 1. The van der Waals surface area contributed by atoms with Crippen molar-refractivity contribution in [1.82, 2.24) is 0 Å². The Morgan fingerprint density at radius 2 is 1.95 bits per heavy atom. The largest absolute Gasteiger partial charge is 0.299 e. The van der Waals surface area contributed by atoms with E-state index in [0.29, 0.717) is 11.7 Å². The lowest BCUT2D eigenvalue weighted by Crippen LogP contribution is -2.27. The molecular weight excluding hydrogens is 232 g/mol. The van der Waals surface area contributed by atoms with Gasteiger partial charge in [-0.2, -0.15) is 0 Å². The molecule has 2 aliphatic carbocycles. The molecule has 1 aromatic rings. The first-order valence-corrected chi connectivity index (χ1v) is 7.80. The molecule has 3 rings (SSSR count). The SMILES string of the molecule is CC1(C(=O)CC2CCCc3ccccc32)CCCC1. The third kappa shape index (κ3) is 2.48. The summed E-state index contributed by atoms with van der Waals surface area (Å²) >= 11 is 0. The Hall–Kier alpha value is -1.11. The van der Waals surface area contributed by atoms with Gasteiger partial charge in [0.25, 0.3) is 0 Å². The number of aryl methyl sites for hydroxylation is 1.